The van der Waals surface area contributed by atoms with Gasteiger partial charge in [0.15, 0.2) is 0 Å². The first kappa shape index (κ1) is 15.0. The summed E-state index contributed by atoms with van der Waals surface area (Å²) in [6.07, 6.45) is 6.70. The zero-order chi connectivity index (χ0) is 16.7. The maximum atomic E-state index is 13.1. The molecule has 5 nitrogen and oxygen atoms in total. The van der Waals surface area contributed by atoms with Crippen molar-refractivity contribution in [2.24, 2.45) is 0 Å². The molecule has 1 amide bonds. The Hall–Kier alpha value is -2.56. The molecule has 1 fully saturated rings. The van der Waals surface area contributed by atoms with E-state index >= 15 is 0 Å². The number of likely N-dealkylation sites (tertiary alicyclic amines) is 1. The molecule has 0 saturated carbocycles. The van der Waals surface area contributed by atoms with Crippen LogP contribution in [0.3, 0.4) is 0 Å². The maximum Gasteiger partial charge on any atom is 0.270 e. The number of aryl methyl sites for hydroxylation is 2. The van der Waals surface area contributed by atoms with Crippen molar-refractivity contribution >= 4 is 16.8 Å². The zero-order valence-corrected chi connectivity index (χ0v) is 14.1. The number of fused-ring (bicyclic) bond motifs is 1. The van der Waals surface area contributed by atoms with Crippen LogP contribution in [-0.4, -0.2) is 32.3 Å². The Kier molecular flexibility index (Phi) is 3.63. The van der Waals surface area contributed by atoms with Crippen molar-refractivity contribution in [3.05, 3.63) is 53.2 Å². The lowest BCUT2D eigenvalue weighted by Crippen LogP contribution is -2.39. The molecule has 1 aliphatic rings. The Balaban J connectivity index is 1.70. The number of aromatic amines is 2. The first-order valence-corrected chi connectivity index (χ1v) is 8.53. The minimum Gasteiger partial charge on any atom is -0.351 e. The second-order valence-corrected chi connectivity index (χ2v) is 6.71. The summed E-state index contributed by atoms with van der Waals surface area (Å²) in [7, 11) is 0. The third-order valence-corrected chi connectivity index (χ3v) is 4.92. The summed E-state index contributed by atoms with van der Waals surface area (Å²) in [6.45, 7) is 4.94. The van der Waals surface area contributed by atoms with E-state index < -0.39 is 0 Å². The van der Waals surface area contributed by atoms with Gasteiger partial charge in [-0.05, 0) is 56.4 Å². The molecule has 1 atom stereocenters. The van der Waals surface area contributed by atoms with Gasteiger partial charge in [0, 0.05) is 29.8 Å². The molecule has 0 radical (unpaired) electrons. The SMILES string of the molecule is Cc1cc(C)c2cc(C(=O)N3CCCCC3c3ncc[nH]3)[nH]c2c1. The van der Waals surface area contributed by atoms with Crippen LogP contribution in [0.15, 0.2) is 30.6 Å². The Morgan fingerprint density at radius 3 is 2.92 bits per heavy atom. The molecule has 1 saturated heterocycles. The summed E-state index contributed by atoms with van der Waals surface area (Å²) in [5.41, 5.74) is 4.09. The predicted octanol–water partition coefficient (Wildman–Crippen LogP) is 3.88. The van der Waals surface area contributed by atoms with Crippen molar-refractivity contribution in [2.45, 2.75) is 39.2 Å². The van der Waals surface area contributed by atoms with E-state index in [1.807, 2.05) is 17.2 Å². The average Bonchev–Trinajstić information content (AvgIpc) is 3.23. The highest BCUT2D eigenvalue weighted by Crippen LogP contribution is 2.31. The Bertz CT molecular complexity index is 878. The lowest BCUT2D eigenvalue weighted by Gasteiger charge is -2.34. The Labute approximate surface area is 141 Å². The van der Waals surface area contributed by atoms with E-state index in [2.05, 4.69) is 40.9 Å². The third kappa shape index (κ3) is 2.50. The van der Waals surface area contributed by atoms with Gasteiger partial charge in [-0.15, -0.1) is 0 Å². The van der Waals surface area contributed by atoms with Crippen LogP contribution < -0.4 is 0 Å². The number of piperidine rings is 1. The van der Waals surface area contributed by atoms with Gasteiger partial charge < -0.3 is 14.9 Å². The molecule has 1 aliphatic heterocycles. The quantitative estimate of drug-likeness (QED) is 0.752. The van der Waals surface area contributed by atoms with Crippen molar-refractivity contribution in [1.29, 1.82) is 0 Å². The summed E-state index contributed by atoms with van der Waals surface area (Å²) in [6, 6.07) is 6.27. The number of aromatic nitrogens is 3. The van der Waals surface area contributed by atoms with Crippen LogP contribution in [0.1, 0.15) is 52.7 Å². The van der Waals surface area contributed by atoms with Crippen LogP contribution in [0.25, 0.3) is 10.9 Å². The molecule has 3 heterocycles. The first-order valence-electron chi connectivity index (χ1n) is 8.53. The maximum absolute atomic E-state index is 13.1. The summed E-state index contributed by atoms with van der Waals surface area (Å²) < 4.78 is 0. The summed E-state index contributed by atoms with van der Waals surface area (Å²) in [5, 5.41) is 1.12. The van der Waals surface area contributed by atoms with Gasteiger partial charge in [0.25, 0.3) is 5.91 Å². The van der Waals surface area contributed by atoms with E-state index in [0.717, 1.165) is 42.5 Å². The normalized spacial score (nSPS) is 18.2. The zero-order valence-electron chi connectivity index (χ0n) is 14.1. The summed E-state index contributed by atoms with van der Waals surface area (Å²) in [5.74, 6) is 0.940. The molecule has 0 bridgehead atoms. The number of carbonyl (C=O) groups is 1. The lowest BCUT2D eigenvalue weighted by molar-refractivity contribution is 0.0596. The van der Waals surface area contributed by atoms with Gasteiger partial charge in [-0.3, -0.25) is 4.79 Å². The summed E-state index contributed by atoms with van der Waals surface area (Å²) in [4.78, 5) is 25.9. The smallest absolute Gasteiger partial charge is 0.270 e. The minimum absolute atomic E-state index is 0.0375. The highest BCUT2D eigenvalue weighted by atomic mass is 16.2. The molecule has 1 aromatic carbocycles. The molecule has 2 aromatic heterocycles. The van der Waals surface area contributed by atoms with Crippen LogP contribution in [0.4, 0.5) is 0 Å². The fourth-order valence-electron chi connectivity index (χ4n) is 3.79. The van der Waals surface area contributed by atoms with E-state index in [4.69, 9.17) is 0 Å². The molecule has 5 heteroatoms. The minimum atomic E-state index is 0.0375. The van der Waals surface area contributed by atoms with E-state index in [9.17, 15) is 4.79 Å². The monoisotopic (exact) mass is 322 g/mol. The molecular formula is C19H22N4O. The van der Waals surface area contributed by atoms with Crippen LogP contribution in [0.5, 0.6) is 0 Å². The predicted molar refractivity (Wildman–Crippen MR) is 94.0 cm³/mol. The third-order valence-electron chi connectivity index (χ3n) is 4.92. The van der Waals surface area contributed by atoms with Crippen molar-refractivity contribution in [1.82, 2.24) is 19.9 Å². The van der Waals surface area contributed by atoms with Crippen molar-refractivity contribution in [3.63, 3.8) is 0 Å². The van der Waals surface area contributed by atoms with Crippen molar-refractivity contribution < 1.29 is 4.79 Å². The molecule has 4 rings (SSSR count). The van der Waals surface area contributed by atoms with Crippen LogP contribution in [0.2, 0.25) is 0 Å². The van der Waals surface area contributed by atoms with Gasteiger partial charge in [0.2, 0.25) is 0 Å². The van der Waals surface area contributed by atoms with Crippen molar-refractivity contribution in [2.75, 3.05) is 6.54 Å². The molecule has 0 aliphatic carbocycles. The standard InChI is InChI=1S/C19H22N4O/c1-12-9-13(2)14-11-16(22-15(14)10-12)19(24)23-8-4-3-5-17(23)18-20-6-7-21-18/h6-7,9-11,17,22H,3-5,8H2,1-2H3,(H,20,21). The van der Waals surface area contributed by atoms with Gasteiger partial charge in [-0.25, -0.2) is 4.98 Å². The number of carbonyl (C=O) groups excluding carboxylic acids is 1. The fourth-order valence-corrected chi connectivity index (χ4v) is 3.79. The van der Waals surface area contributed by atoms with Gasteiger partial charge in [-0.2, -0.15) is 0 Å². The molecule has 1 unspecified atom stereocenters. The number of hydrogen-bond acceptors (Lipinski definition) is 2. The number of rotatable bonds is 2. The van der Waals surface area contributed by atoms with Crippen molar-refractivity contribution in [3.8, 4) is 0 Å². The van der Waals surface area contributed by atoms with Crippen LogP contribution in [-0.2, 0) is 0 Å². The largest absolute Gasteiger partial charge is 0.351 e. The van der Waals surface area contributed by atoms with Gasteiger partial charge in [-0.1, -0.05) is 6.07 Å². The van der Waals surface area contributed by atoms with Gasteiger partial charge in [0.05, 0.1) is 6.04 Å². The second kappa shape index (κ2) is 5.82. The molecule has 2 N–H and O–H groups in total. The fraction of sp³-hybridized carbons (Fsp3) is 0.368. The molecule has 0 spiro atoms. The summed E-state index contributed by atoms with van der Waals surface area (Å²) >= 11 is 0. The topological polar surface area (TPSA) is 64.8 Å². The number of nitrogens with one attached hydrogen (secondary N) is 2. The number of nitrogens with zero attached hydrogens (tertiary/aromatic N) is 2. The average molecular weight is 322 g/mol. The Morgan fingerprint density at radius 2 is 2.12 bits per heavy atom. The second-order valence-electron chi connectivity index (χ2n) is 6.71. The van der Waals surface area contributed by atoms with E-state index in [0.29, 0.717) is 5.69 Å². The highest BCUT2D eigenvalue weighted by molar-refractivity contribution is 5.99. The van der Waals surface area contributed by atoms with E-state index in [1.54, 1.807) is 6.20 Å². The highest BCUT2D eigenvalue weighted by Gasteiger charge is 2.31. The molecule has 3 aromatic rings. The van der Waals surface area contributed by atoms with Crippen LogP contribution in [0, 0.1) is 13.8 Å². The van der Waals surface area contributed by atoms with Gasteiger partial charge >= 0.3 is 0 Å². The number of hydrogen-bond donors (Lipinski definition) is 2. The van der Waals surface area contributed by atoms with E-state index in [1.165, 1.54) is 11.1 Å². The number of benzene rings is 1. The molecule has 124 valence electrons. The number of H-pyrrole nitrogens is 2. The number of imidazole rings is 1. The number of amides is 1. The van der Waals surface area contributed by atoms with Crippen LogP contribution >= 0.6 is 0 Å². The molecular weight excluding hydrogens is 300 g/mol. The lowest BCUT2D eigenvalue weighted by atomic mass is 10.0. The van der Waals surface area contributed by atoms with E-state index in [-0.39, 0.29) is 11.9 Å². The van der Waals surface area contributed by atoms with Gasteiger partial charge in [0.1, 0.15) is 11.5 Å². The first-order chi connectivity index (χ1) is 11.6. The Morgan fingerprint density at radius 1 is 1.25 bits per heavy atom. The molecule has 24 heavy (non-hydrogen) atoms.